The van der Waals surface area contributed by atoms with Crippen LogP contribution in [0.3, 0.4) is 0 Å². The molecule has 0 radical (unpaired) electrons. The maximum Gasteiger partial charge on any atom is 0.194 e. The van der Waals surface area contributed by atoms with E-state index < -0.39 is 0 Å². The molecule has 1 aromatic rings. The molecule has 3 aliphatic rings. The van der Waals surface area contributed by atoms with Crippen LogP contribution in [0.25, 0.3) is 0 Å². The maximum absolute atomic E-state index is 5.97. The van der Waals surface area contributed by atoms with Gasteiger partial charge in [0.15, 0.2) is 5.96 Å². The van der Waals surface area contributed by atoms with Gasteiger partial charge in [-0.1, -0.05) is 23.7 Å². The second kappa shape index (κ2) is 8.19. The molecule has 6 heteroatoms. The van der Waals surface area contributed by atoms with Crippen molar-refractivity contribution < 1.29 is 0 Å². The van der Waals surface area contributed by atoms with Gasteiger partial charge in [-0.3, -0.25) is 14.8 Å². The average Bonchev–Trinajstić information content (AvgIpc) is 2.61. The highest BCUT2D eigenvalue weighted by Gasteiger charge is 2.31. The van der Waals surface area contributed by atoms with Gasteiger partial charge in [-0.25, -0.2) is 0 Å². The quantitative estimate of drug-likeness (QED) is 0.648. The van der Waals surface area contributed by atoms with Gasteiger partial charge in [0.05, 0.1) is 6.54 Å². The van der Waals surface area contributed by atoms with Crippen molar-refractivity contribution in [3.05, 3.63) is 34.9 Å². The predicted octanol–water partition coefficient (Wildman–Crippen LogP) is 1.74. The lowest BCUT2D eigenvalue weighted by molar-refractivity contribution is 0.0173. The number of nitrogens with one attached hydrogen (secondary N) is 1. The lowest BCUT2D eigenvalue weighted by Gasteiger charge is -2.47. The van der Waals surface area contributed by atoms with Crippen LogP contribution in [0, 0.1) is 0 Å². The van der Waals surface area contributed by atoms with Gasteiger partial charge < -0.3 is 10.2 Å². The summed E-state index contributed by atoms with van der Waals surface area (Å²) in [6.07, 6.45) is 0. The highest BCUT2D eigenvalue weighted by atomic mass is 35.5. The minimum Gasteiger partial charge on any atom is -0.357 e. The minimum atomic E-state index is 0.560. The van der Waals surface area contributed by atoms with E-state index in [-0.39, 0.29) is 0 Å². The fraction of sp³-hybridized carbons (Fsp3) is 0.611. The second-order valence-electron chi connectivity index (χ2n) is 6.67. The van der Waals surface area contributed by atoms with Crippen molar-refractivity contribution >= 4 is 17.6 Å². The lowest BCUT2D eigenvalue weighted by atomic mass is 10.1. The van der Waals surface area contributed by atoms with Crippen LogP contribution in [-0.2, 0) is 6.54 Å². The zero-order chi connectivity index (χ0) is 16.9. The molecule has 5 nitrogen and oxygen atoms in total. The summed E-state index contributed by atoms with van der Waals surface area (Å²) in [4.78, 5) is 12.2. The van der Waals surface area contributed by atoms with Crippen LogP contribution in [0.5, 0.6) is 0 Å². The Morgan fingerprint density at radius 3 is 2.54 bits per heavy atom. The first kappa shape index (κ1) is 17.5. The number of rotatable bonds is 5. The highest BCUT2D eigenvalue weighted by molar-refractivity contribution is 6.30. The molecule has 132 valence electrons. The van der Waals surface area contributed by atoms with Crippen LogP contribution in [0.4, 0.5) is 0 Å². The maximum atomic E-state index is 5.97. The van der Waals surface area contributed by atoms with E-state index in [2.05, 4.69) is 46.1 Å². The van der Waals surface area contributed by atoms with Crippen LogP contribution in [0.15, 0.2) is 29.3 Å². The summed E-state index contributed by atoms with van der Waals surface area (Å²) in [6, 6.07) is 8.58. The molecule has 0 aliphatic carbocycles. The van der Waals surface area contributed by atoms with E-state index in [1.165, 1.54) is 31.7 Å². The molecule has 1 unspecified atom stereocenters. The Labute approximate surface area is 150 Å². The lowest BCUT2D eigenvalue weighted by Crippen LogP contribution is -2.62. The number of benzene rings is 1. The molecular formula is C18H28ClN5. The van der Waals surface area contributed by atoms with E-state index in [1.807, 2.05) is 12.1 Å². The standard InChI is InChI=1S/C18H28ClN5/c1-3-20-18(22(2)13-15-4-6-16(19)7-5-15)21-12-17-14-23-8-10-24(17)11-9-23/h4-7,17H,3,8-14H2,1-2H3,(H,20,21). The summed E-state index contributed by atoms with van der Waals surface area (Å²) in [5, 5.41) is 4.19. The number of piperazine rings is 3. The summed E-state index contributed by atoms with van der Waals surface area (Å²) in [6.45, 7) is 10.7. The van der Waals surface area contributed by atoms with Gasteiger partial charge >= 0.3 is 0 Å². The Morgan fingerprint density at radius 1 is 1.25 bits per heavy atom. The SMILES string of the molecule is CCNC(=NCC1CN2CCN1CC2)N(C)Cc1ccc(Cl)cc1. The summed E-state index contributed by atoms with van der Waals surface area (Å²) in [5.74, 6) is 0.977. The fourth-order valence-electron chi connectivity index (χ4n) is 3.50. The smallest absolute Gasteiger partial charge is 0.194 e. The number of hydrogen-bond donors (Lipinski definition) is 1. The van der Waals surface area contributed by atoms with Crippen molar-refractivity contribution in [2.45, 2.75) is 19.5 Å². The van der Waals surface area contributed by atoms with Gasteiger partial charge in [0.1, 0.15) is 0 Å². The van der Waals surface area contributed by atoms with Crippen LogP contribution >= 0.6 is 11.6 Å². The zero-order valence-corrected chi connectivity index (χ0v) is 15.5. The molecule has 0 saturated carbocycles. The number of nitrogens with zero attached hydrogens (tertiary/aromatic N) is 4. The molecule has 4 rings (SSSR count). The van der Waals surface area contributed by atoms with Gasteiger partial charge in [0, 0.05) is 63.9 Å². The zero-order valence-electron chi connectivity index (χ0n) is 14.7. The third-order valence-corrected chi connectivity index (χ3v) is 5.13. The number of hydrogen-bond acceptors (Lipinski definition) is 3. The van der Waals surface area contributed by atoms with E-state index in [4.69, 9.17) is 16.6 Å². The first-order valence-electron chi connectivity index (χ1n) is 8.86. The number of aliphatic imine (C=N–C) groups is 1. The van der Waals surface area contributed by atoms with Crippen LogP contribution in [0.2, 0.25) is 5.02 Å². The number of halogens is 1. The van der Waals surface area contributed by atoms with Crippen LogP contribution in [-0.4, -0.2) is 79.6 Å². The first-order chi connectivity index (χ1) is 11.7. The molecule has 3 fully saturated rings. The number of guanidine groups is 1. The van der Waals surface area contributed by atoms with Gasteiger partial charge in [-0.2, -0.15) is 0 Å². The summed E-state index contributed by atoms with van der Waals surface area (Å²) >= 11 is 5.97. The molecule has 0 aromatic heterocycles. The van der Waals surface area contributed by atoms with Crippen molar-refractivity contribution in [2.24, 2.45) is 4.99 Å². The van der Waals surface area contributed by atoms with Crippen molar-refractivity contribution in [2.75, 3.05) is 52.9 Å². The summed E-state index contributed by atoms with van der Waals surface area (Å²) < 4.78 is 0. The molecule has 0 amide bonds. The normalized spacial score (nSPS) is 26.5. The molecule has 1 N–H and O–H groups in total. The van der Waals surface area contributed by atoms with E-state index in [0.717, 1.165) is 37.2 Å². The minimum absolute atomic E-state index is 0.560. The average molecular weight is 350 g/mol. The van der Waals surface area contributed by atoms with E-state index in [0.29, 0.717) is 6.04 Å². The van der Waals surface area contributed by atoms with Crippen LogP contribution < -0.4 is 5.32 Å². The van der Waals surface area contributed by atoms with Crippen molar-refractivity contribution in [1.29, 1.82) is 0 Å². The molecule has 0 spiro atoms. The van der Waals surface area contributed by atoms with Crippen LogP contribution in [0.1, 0.15) is 12.5 Å². The van der Waals surface area contributed by atoms with E-state index in [1.54, 1.807) is 0 Å². The number of fused-ring (bicyclic) bond motifs is 3. The van der Waals surface area contributed by atoms with Crippen molar-refractivity contribution in [3.63, 3.8) is 0 Å². The van der Waals surface area contributed by atoms with Crippen molar-refractivity contribution in [1.82, 2.24) is 20.0 Å². The Bertz CT molecular complexity index is 551. The first-order valence-corrected chi connectivity index (χ1v) is 9.24. The molecule has 1 aromatic carbocycles. The third-order valence-electron chi connectivity index (χ3n) is 4.87. The molecule has 1 atom stereocenters. The Balaban J connectivity index is 1.61. The summed E-state index contributed by atoms with van der Waals surface area (Å²) in [7, 11) is 2.09. The highest BCUT2D eigenvalue weighted by Crippen LogP contribution is 2.16. The van der Waals surface area contributed by atoms with Gasteiger partial charge in [-0.15, -0.1) is 0 Å². The molecule has 3 saturated heterocycles. The topological polar surface area (TPSA) is 34.1 Å². The van der Waals surface area contributed by atoms with Gasteiger partial charge in [0.2, 0.25) is 0 Å². The van der Waals surface area contributed by atoms with Crippen molar-refractivity contribution in [3.8, 4) is 0 Å². The molecule has 24 heavy (non-hydrogen) atoms. The van der Waals surface area contributed by atoms with E-state index >= 15 is 0 Å². The predicted molar refractivity (Wildman–Crippen MR) is 101 cm³/mol. The second-order valence-corrected chi connectivity index (χ2v) is 7.10. The molecule has 3 heterocycles. The molecule has 3 aliphatic heterocycles. The summed E-state index contributed by atoms with van der Waals surface area (Å²) in [5.41, 5.74) is 1.24. The van der Waals surface area contributed by atoms with E-state index in [9.17, 15) is 0 Å². The molecule has 2 bridgehead atoms. The molecular weight excluding hydrogens is 322 g/mol. The van der Waals surface area contributed by atoms with Gasteiger partial charge in [0.25, 0.3) is 0 Å². The monoisotopic (exact) mass is 349 g/mol. The Kier molecular flexibility index (Phi) is 5.98. The fourth-order valence-corrected chi connectivity index (χ4v) is 3.62. The van der Waals surface area contributed by atoms with Gasteiger partial charge in [-0.05, 0) is 24.6 Å². The Morgan fingerprint density at radius 2 is 1.96 bits per heavy atom. The largest absolute Gasteiger partial charge is 0.357 e. The third kappa shape index (κ3) is 4.41. The Hall–Kier alpha value is -1.30.